The van der Waals surface area contributed by atoms with Crippen LogP contribution in [0.5, 0.6) is 5.75 Å². The molecule has 1 rings (SSSR count). The number of hydrogen-bond donors (Lipinski definition) is 2. The number of hydrogen-bond acceptors (Lipinski definition) is 3. The van der Waals surface area contributed by atoms with Crippen LogP contribution >= 0.6 is 15.9 Å². The van der Waals surface area contributed by atoms with Crippen molar-refractivity contribution in [3.63, 3.8) is 0 Å². The molecule has 0 fully saturated rings. The van der Waals surface area contributed by atoms with E-state index in [0.717, 1.165) is 6.07 Å². The molecule has 3 nitrogen and oxygen atoms in total. The Balaban J connectivity index is 3.05. The van der Waals surface area contributed by atoms with E-state index in [9.17, 15) is 4.39 Å². The van der Waals surface area contributed by atoms with Crippen molar-refractivity contribution in [1.82, 2.24) is 0 Å². The number of rotatable bonds is 2. The number of halogens is 2. The second-order valence-electron chi connectivity index (χ2n) is 2.21. The van der Waals surface area contributed by atoms with Crippen molar-refractivity contribution < 1.29 is 14.3 Å². The highest BCUT2D eigenvalue weighted by Gasteiger charge is 2.06. The summed E-state index contributed by atoms with van der Waals surface area (Å²) in [4.78, 5) is 4.26. The van der Waals surface area contributed by atoms with Gasteiger partial charge in [0.1, 0.15) is 11.6 Å². The van der Waals surface area contributed by atoms with E-state index in [2.05, 4.69) is 20.8 Å². The molecule has 0 bridgehead atoms. The van der Waals surface area contributed by atoms with Gasteiger partial charge in [0.2, 0.25) is 0 Å². The van der Waals surface area contributed by atoms with Crippen molar-refractivity contribution in [2.24, 2.45) is 5.90 Å². The summed E-state index contributed by atoms with van der Waals surface area (Å²) in [5, 5.41) is 9.03. The lowest BCUT2D eigenvalue weighted by Gasteiger charge is -2.03. The standard InChI is InChI=1S/C7H7BrFNO2/c8-5-1-4(3-12-10)6(9)2-7(5)11/h1-2,11H,3,10H2. The fourth-order valence-corrected chi connectivity index (χ4v) is 1.17. The second-order valence-corrected chi connectivity index (χ2v) is 3.06. The average Bonchev–Trinajstić information content (AvgIpc) is 2.01. The molecule has 0 amide bonds. The predicted molar refractivity (Wildman–Crippen MR) is 44.7 cm³/mol. The predicted octanol–water partition coefficient (Wildman–Crippen LogP) is 1.68. The second kappa shape index (κ2) is 3.84. The van der Waals surface area contributed by atoms with Gasteiger partial charge >= 0.3 is 0 Å². The largest absolute Gasteiger partial charge is 0.507 e. The van der Waals surface area contributed by atoms with Gasteiger partial charge in [-0.1, -0.05) is 0 Å². The minimum Gasteiger partial charge on any atom is -0.507 e. The number of benzene rings is 1. The lowest BCUT2D eigenvalue weighted by Crippen LogP contribution is -2.01. The van der Waals surface area contributed by atoms with Gasteiger partial charge in [-0.15, -0.1) is 0 Å². The molecule has 1 aromatic carbocycles. The van der Waals surface area contributed by atoms with Gasteiger partial charge in [-0.3, -0.25) is 4.84 Å². The van der Waals surface area contributed by atoms with Crippen molar-refractivity contribution in [3.8, 4) is 5.75 Å². The maximum Gasteiger partial charge on any atom is 0.132 e. The van der Waals surface area contributed by atoms with Gasteiger partial charge < -0.3 is 5.11 Å². The molecular weight excluding hydrogens is 229 g/mol. The summed E-state index contributed by atoms with van der Waals surface area (Å²) in [5.41, 5.74) is 0.294. The van der Waals surface area contributed by atoms with Crippen LogP contribution in [-0.4, -0.2) is 5.11 Å². The Morgan fingerprint density at radius 1 is 1.58 bits per heavy atom. The first-order valence-electron chi connectivity index (χ1n) is 3.13. The van der Waals surface area contributed by atoms with Crippen molar-refractivity contribution in [2.75, 3.05) is 0 Å². The molecule has 1 aromatic rings. The smallest absolute Gasteiger partial charge is 0.132 e. The third-order valence-electron chi connectivity index (χ3n) is 1.35. The van der Waals surface area contributed by atoms with Crippen LogP contribution in [0.3, 0.4) is 0 Å². The Morgan fingerprint density at radius 3 is 2.83 bits per heavy atom. The minimum absolute atomic E-state index is 0.0231. The van der Waals surface area contributed by atoms with Crippen LogP contribution in [0, 0.1) is 5.82 Å². The summed E-state index contributed by atoms with van der Waals surface area (Å²) in [5.74, 6) is 4.09. The highest BCUT2D eigenvalue weighted by Crippen LogP contribution is 2.26. The quantitative estimate of drug-likeness (QED) is 0.768. The molecule has 0 atom stereocenters. The molecule has 3 N–H and O–H groups in total. The van der Waals surface area contributed by atoms with Crippen LogP contribution in [0.4, 0.5) is 4.39 Å². The molecule has 0 radical (unpaired) electrons. The topological polar surface area (TPSA) is 55.5 Å². The average molecular weight is 236 g/mol. The van der Waals surface area contributed by atoms with Gasteiger partial charge in [0.05, 0.1) is 11.1 Å². The maximum atomic E-state index is 12.9. The lowest BCUT2D eigenvalue weighted by atomic mass is 10.2. The SMILES string of the molecule is NOCc1cc(Br)c(O)cc1F. The van der Waals surface area contributed by atoms with E-state index in [1.54, 1.807) is 0 Å². The third kappa shape index (κ3) is 1.94. The molecule has 0 saturated heterocycles. The number of phenols is 1. The van der Waals surface area contributed by atoms with E-state index in [1.165, 1.54) is 6.07 Å². The summed E-state index contributed by atoms with van der Waals surface area (Å²) < 4.78 is 13.3. The number of phenolic OH excluding ortho intramolecular Hbond substituents is 1. The van der Waals surface area contributed by atoms with Crippen molar-refractivity contribution in [2.45, 2.75) is 6.61 Å². The molecule has 0 saturated carbocycles. The van der Waals surface area contributed by atoms with Crippen molar-refractivity contribution in [3.05, 3.63) is 28.0 Å². The molecule has 0 unspecified atom stereocenters. The monoisotopic (exact) mass is 235 g/mol. The van der Waals surface area contributed by atoms with Crippen LogP contribution < -0.4 is 5.90 Å². The molecule has 12 heavy (non-hydrogen) atoms. The Bertz CT molecular complexity index is 293. The Kier molecular flexibility index (Phi) is 3.02. The van der Waals surface area contributed by atoms with Gasteiger partial charge in [0.25, 0.3) is 0 Å². The Morgan fingerprint density at radius 2 is 2.25 bits per heavy atom. The lowest BCUT2D eigenvalue weighted by molar-refractivity contribution is 0.121. The van der Waals surface area contributed by atoms with E-state index in [-0.39, 0.29) is 12.4 Å². The maximum absolute atomic E-state index is 12.9. The third-order valence-corrected chi connectivity index (χ3v) is 1.99. The van der Waals surface area contributed by atoms with E-state index in [1.807, 2.05) is 0 Å². The molecule has 0 spiro atoms. The molecule has 0 heterocycles. The Hall–Kier alpha value is -0.650. The molecular formula is C7H7BrFNO2. The minimum atomic E-state index is -0.541. The van der Waals surface area contributed by atoms with Crippen LogP contribution in [0.25, 0.3) is 0 Å². The molecule has 0 aliphatic rings. The van der Waals surface area contributed by atoms with E-state index < -0.39 is 5.82 Å². The Labute approximate surface area is 77.0 Å². The summed E-state index contributed by atoms with van der Waals surface area (Å²) in [7, 11) is 0. The molecule has 0 aliphatic heterocycles. The summed E-state index contributed by atoms with van der Waals surface area (Å²) >= 11 is 3.04. The van der Waals surface area contributed by atoms with Crippen LogP contribution in [0.2, 0.25) is 0 Å². The first-order chi connectivity index (χ1) is 5.65. The highest BCUT2D eigenvalue weighted by atomic mass is 79.9. The van der Waals surface area contributed by atoms with Crippen LogP contribution in [-0.2, 0) is 11.4 Å². The van der Waals surface area contributed by atoms with E-state index in [0.29, 0.717) is 10.0 Å². The molecule has 0 aliphatic carbocycles. The molecule has 66 valence electrons. The van der Waals surface area contributed by atoms with Gasteiger partial charge in [0.15, 0.2) is 0 Å². The number of nitrogens with two attached hydrogens (primary N) is 1. The number of aromatic hydroxyl groups is 1. The molecule has 0 aromatic heterocycles. The summed E-state index contributed by atoms with van der Waals surface area (Å²) in [6, 6.07) is 2.41. The normalized spacial score (nSPS) is 10.2. The zero-order chi connectivity index (χ0) is 9.14. The van der Waals surface area contributed by atoms with Gasteiger partial charge in [-0.25, -0.2) is 10.3 Å². The fraction of sp³-hybridized carbons (Fsp3) is 0.143. The highest BCUT2D eigenvalue weighted by molar-refractivity contribution is 9.10. The van der Waals surface area contributed by atoms with Gasteiger partial charge in [0, 0.05) is 11.6 Å². The zero-order valence-corrected chi connectivity index (χ0v) is 7.64. The van der Waals surface area contributed by atoms with E-state index in [4.69, 9.17) is 11.0 Å². The fourth-order valence-electron chi connectivity index (χ4n) is 0.778. The first-order valence-corrected chi connectivity index (χ1v) is 3.93. The zero-order valence-electron chi connectivity index (χ0n) is 6.05. The summed E-state index contributed by atoms with van der Waals surface area (Å²) in [6.07, 6.45) is 0. The summed E-state index contributed by atoms with van der Waals surface area (Å²) in [6.45, 7) is -0.0231. The first kappa shape index (κ1) is 9.44. The van der Waals surface area contributed by atoms with Crippen molar-refractivity contribution >= 4 is 15.9 Å². The van der Waals surface area contributed by atoms with Crippen molar-refractivity contribution in [1.29, 1.82) is 0 Å². The van der Waals surface area contributed by atoms with Gasteiger partial charge in [-0.05, 0) is 22.0 Å². The van der Waals surface area contributed by atoms with Crippen LogP contribution in [0.15, 0.2) is 16.6 Å². The van der Waals surface area contributed by atoms with Gasteiger partial charge in [-0.2, -0.15) is 0 Å². The van der Waals surface area contributed by atoms with E-state index >= 15 is 0 Å². The van der Waals surface area contributed by atoms with Crippen LogP contribution in [0.1, 0.15) is 5.56 Å². The molecule has 5 heteroatoms.